The van der Waals surface area contributed by atoms with Crippen molar-refractivity contribution in [3.63, 3.8) is 0 Å². The predicted octanol–water partition coefficient (Wildman–Crippen LogP) is 1.90. The molecule has 0 unspecified atom stereocenters. The Balaban J connectivity index is 1.96. The second-order valence-electron chi connectivity index (χ2n) is 5.77. The average Bonchev–Trinajstić information content (AvgIpc) is 2.66. The van der Waals surface area contributed by atoms with Gasteiger partial charge in [-0.15, -0.1) is 0 Å². The number of H-pyrrole nitrogens is 1. The van der Waals surface area contributed by atoms with E-state index in [1.165, 1.54) is 4.57 Å². The van der Waals surface area contributed by atoms with Crippen LogP contribution in [-0.2, 0) is 6.54 Å². The van der Waals surface area contributed by atoms with E-state index in [-0.39, 0.29) is 29.3 Å². The van der Waals surface area contributed by atoms with E-state index in [0.717, 1.165) is 5.56 Å². The molecule has 0 fully saturated rings. The van der Waals surface area contributed by atoms with Gasteiger partial charge in [0, 0.05) is 5.56 Å². The summed E-state index contributed by atoms with van der Waals surface area (Å²) >= 11 is 0. The lowest BCUT2D eigenvalue weighted by molar-refractivity contribution is 0.454. The Morgan fingerprint density at radius 3 is 2.27 bits per heavy atom. The van der Waals surface area contributed by atoms with Crippen molar-refractivity contribution in [2.45, 2.75) is 6.54 Å². The first kappa shape index (κ1) is 15.8. The van der Waals surface area contributed by atoms with Gasteiger partial charge in [0.1, 0.15) is 5.69 Å². The van der Waals surface area contributed by atoms with Gasteiger partial charge < -0.3 is 5.11 Å². The summed E-state index contributed by atoms with van der Waals surface area (Å²) in [6.07, 6.45) is 0. The number of aromatic amines is 1. The normalized spacial score (nSPS) is 10.9. The Morgan fingerprint density at radius 2 is 1.58 bits per heavy atom. The van der Waals surface area contributed by atoms with Crippen LogP contribution in [0, 0.1) is 0 Å². The van der Waals surface area contributed by atoms with Crippen LogP contribution in [-0.4, -0.2) is 24.6 Å². The molecule has 7 heteroatoms. The Hall–Kier alpha value is -3.74. The van der Waals surface area contributed by atoms with Crippen LogP contribution in [0.5, 0.6) is 5.88 Å². The van der Waals surface area contributed by atoms with E-state index in [2.05, 4.69) is 15.0 Å². The molecule has 2 N–H and O–H groups in total. The van der Waals surface area contributed by atoms with Crippen LogP contribution in [0.25, 0.3) is 22.4 Å². The molecule has 4 rings (SSSR count). The van der Waals surface area contributed by atoms with Gasteiger partial charge in [-0.25, -0.2) is 9.78 Å². The quantitative estimate of drug-likeness (QED) is 0.590. The molecule has 0 atom stereocenters. The fourth-order valence-electron chi connectivity index (χ4n) is 2.78. The van der Waals surface area contributed by atoms with Crippen LogP contribution in [0.2, 0.25) is 0 Å². The molecule has 0 radical (unpaired) electrons. The van der Waals surface area contributed by atoms with Gasteiger partial charge in [0.25, 0.3) is 5.56 Å². The van der Waals surface area contributed by atoms with Gasteiger partial charge in [-0.3, -0.25) is 14.3 Å². The van der Waals surface area contributed by atoms with Gasteiger partial charge in [0.15, 0.2) is 11.2 Å². The first-order valence-corrected chi connectivity index (χ1v) is 7.96. The number of nitrogens with zero attached hydrogens (tertiary/aromatic N) is 3. The van der Waals surface area contributed by atoms with Gasteiger partial charge in [-0.05, 0) is 5.56 Å². The first-order valence-electron chi connectivity index (χ1n) is 7.96. The first-order chi connectivity index (χ1) is 12.6. The molecule has 26 heavy (non-hydrogen) atoms. The van der Waals surface area contributed by atoms with Crippen molar-refractivity contribution in [1.82, 2.24) is 19.5 Å². The second kappa shape index (κ2) is 6.29. The summed E-state index contributed by atoms with van der Waals surface area (Å²) in [7, 11) is 0. The van der Waals surface area contributed by atoms with Crippen molar-refractivity contribution in [3.05, 3.63) is 87.1 Å². The number of fused-ring (bicyclic) bond motifs is 1. The monoisotopic (exact) mass is 346 g/mol. The molecule has 0 saturated heterocycles. The number of rotatable bonds is 3. The van der Waals surface area contributed by atoms with Crippen LogP contribution in [0.1, 0.15) is 5.56 Å². The molecule has 0 amide bonds. The SMILES string of the molecule is O=c1[nH]c(=O)n(Cc2ccccc2)c2nc(O)c(-c3ccccc3)nc12. The highest BCUT2D eigenvalue weighted by atomic mass is 16.3. The molecular weight excluding hydrogens is 332 g/mol. The lowest BCUT2D eigenvalue weighted by atomic mass is 10.1. The maximum atomic E-state index is 12.3. The van der Waals surface area contributed by atoms with E-state index < -0.39 is 11.2 Å². The minimum Gasteiger partial charge on any atom is -0.492 e. The summed E-state index contributed by atoms with van der Waals surface area (Å²) in [6.45, 7) is 0.200. The zero-order valence-electron chi connectivity index (χ0n) is 13.6. The third-order valence-electron chi connectivity index (χ3n) is 4.03. The maximum Gasteiger partial charge on any atom is 0.330 e. The zero-order valence-corrected chi connectivity index (χ0v) is 13.6. The fourth-order valence-corrected chi connectivity index (χ4v) is 2.78. The molecule has 7 nitrogen and oxygen atoms in total. The van der Waals surface area contributed by atoms with Crippen molar-refractivity contribution in [3.8, 4) is 17.1 Å². The number of benzene rings is 2. The topological polar surface area (TPSA) is 101 Å². The largest absolute Gasteiger partial charge is 0.492 e. The highest BCUT2D eigenvalue weighted by Gasteiger charge is 2.16. The van der Waals surface area contributed by atoms with Gasteiger partial charge in [0.2, 0.25) is 5.88 Å². The molecule has 0 aliphatic carbocycles. The minimum atomic E-state index is -0.640. The molecule has 0 aliphatic rings. The van der Waals surface area contributed by atoms with Crippen LogP contribution >= 0.6 is 0 Å². The molecule has 128 valence electrons. The number of hydrogen-bond acceptors (Lipinski definition) is 5. The second-order valence-corrected chi connectivity index (χ2v) is 5.77. The third kappa shape index (κ3) is 2.75. The van der Waals surface area contributed by atoms with Gasteiger partial charge in [-0.2, -0.15) is 4.98 Å². The Labute approximate surface area is 147 Å². The van der Waals surface area contributed by atoms with Crippen molar-refractivity contribution in [2.24, 2.45) is 0 Å². The van der Waals surface area contributed by atoms with E-state index in [1.807, 2.05) is 36.4 Å². The van der Waals surface area contributed by atoms with Gasteiger partial charge in [-0.1, -0.05) is 60.7 Å². The predicted molar refractivity (Wildman–Crippen MR) is 97.1 cm³/mol. The molecule has 0 bridgehead atoms. The van der Waals surface area contributed by atoms with E-state index >= 15 is 0 Å². The van der Waals surface area contributed by atoms with Crippen LogP contribution in [0.3, 0.4) is 0 Å². The smallest absolute Gasteiger partial charge is 0.330 e. The summed E-state index contributed by atoms with van der Waals surface area (Å²) in [6, 6.07) is 18.2. The van der Waals surface area contributed by atoms with Crippen molar-refractivity contribution < 1.29 is 5.11 Å². The number of hydrogen-bond donors (Lipinski definition) is 2. The fraction of sp³-hybridized carbons (Fsp3) is 0.0526. The summed E-state index contributed by atoms with van der Waals surface area (Å²) in [5.41, 5.74) is 0.466. The molecular formula is C19H14N4O3. The lowest BCUT2D eigenvalue weighted by Gasteiger charge is -2.10. The van der Waals surface area contributed by atoms with Crippen LogP contribution in [0.15, 0.2) is 70.3 Å². The lowest BCUT2D eigenvalue weighted by Crippen LogP contribution is -2.31. The highest BCUT2D eigenvalue weighted by molar-refractivity contribution is 5.76. The Bertz CT molecular complexity index is 1200. The summed E-state index contributed by atoms with van der Waals surface area (Å²) in [5.74, 6) is -0.337. The van der Waals surface area contributed by atoms with Crippen LogP contribution < -0.4 is 11.2 Å². The van der Waals surface area contributed by atoms with E-state index in [9.17, 15) is 14.7 Å². The van der Waals surface area contributed by atoms with E-state index in [4.69, 9.17) is 0 Å². The summed E-state index contributed by atoms with van der Waals surface area (Å²) in [4.78, 5) is 35.2. The number of nitrogens with one attached hydrogen (secondary N) is 1. The Morgan fingerprint density at radius 1 is 0.923 bits per heavy atom. The van der Waals surface area contributed by atoms with E-state index in [1.54, 1.807) is 24.3 Å². The molecule has 0 saturated carbocycles. The molecule has 2 aromatic heterocycles. The molecule has 4 aromatic rings. The van der Waals surface area contributed by atoms with Crippen molar-refractivity contribution >= 4 is 11.2 Å². The molecule has 0 aliphatic heterocycles. The zero-order chi connectivity index (χ0) is 18.1. The van der Waals surface area contributed by atoms with Crippen molar-refractivity contribution in [1.29, 1.82) is 0 Å². The maximum absolute atomic E-state index is 12.3. The summed E-state index contributed by atoms with van der Waals surface area (Å²) < 4.78 is 1.29. The van der Waals surface area contributed by atoms with Crippen molar-refractivity contribution in [2.75, 3.05) is 0 Å². The number of aromatic hydroxyl groups is 1. The minimum absolute atomic E-state index is 0.00261. The standard InChI is InChI=1S/C19H14N4O3/c24-17-14(13-9-5-2-6-10-13)20-15-16(21-17)23(19(26)22-18(15)25)11-12-7-3-1-4-8-12/h1-10H,11H2,(H,21,24)(H,22,25,26). The van der Waals surface area contributed by atoms with Gasteiger partial charge in [0.05, 0.1) is 6.54 Å². The molecule has 2 aromatic carbocycles. The molecule has 2 heterocycles. The average molecular weight is 346 g/mol. The summed E-state index contributed by atoms with van der Waals surface area (Å²) in [5, 5.41) is 10.3. The Kier molecular flexibility index (Phi) is 3.81. The van der Waals surface area contributed by atoms with Gasteiger partial charge >= 0.3 is 5.69 Å². The van der Waals surface area contributed by atoms with Crippen LogP contribution in [0.4, 0.5) is 0 Å². The van der Waals surface area contributed by atoms with E-state index in [0.29, 0.717) is 5.56 Å². The molecule has 0 spiro atoms. The number of aromatic nitrogens is 4. The third-order valence-corrected chi connectivity index (χ3v) is 4.03. The highest BCUT2D eigenvalue weighted by Crippen LogP contribution is 2.26.